The van der Waals surface area contributed by atoms with E-state index in [4.69, 9.17) is 0 Å². The summed E-state index contributed by atoms with van der Waals surface area (Å²) in [4.78, 5) is 22.1. The number of carbonyl (C=O) groups is 1. The maximum absolute atomic E-state index is 11.7. The first kappa shape index (κ1) is 15.9. The van der Waals surface area contributed by atoms with Crippen LogP contribution in [0.5, 0.6) is 0 Å². The summed E-state index contributed by atoms with van der Waals surface area (Å²) in [5.41, 5.74) is 0.443. The van der Waals surface area contributed by atoms with Gasteiger partial charge in [0.1, 0.15) is 5.69 Å². The highest BCUT2D eigenvalue weighted by molar-refractivity contribution is 5.95. The Bertz CT molecular complexity index is 491. The Morgan fingerprint density at radius 2 is 2.15 bits per heavy atom. The van der Waals surface area contributed by atoms with E-state index in [0.717, 1.165) is 0 Å². The van der Waals surface area contributed by atoms with Gasteiger partial charge in [-0.2, -0.15) is 0 Å². The van der Waals surface area contributed by atoms with E-state index in [1.807, 2.05) is 6.92 Å². The molecule has 0 aliphatic carbocycles. The number of aliphatic hydroxyl groups is 1. The molecule has 0 spiro atoms. The molecule has 20 heavy (non-hydrogen) atoms. The van der Waals surface area contributed by atoms with Gasteiger partial charge in [0, 0.05) is 24.7 Å². The minimum atomic E-state index is -0.595. The number of carbonyl (C=O) groups excluding carboxylic acids is 1. The van der Waals surface area contributed by atoms with Crippen molar-refractivity contribution in [3.05, 3.63) is 33.9 Å². The molecular weight excluding hydrogens is 262 g/mol. The first-order valence-electron chi connectivity index (χ1n) is 6.48. The lowest BCUT2D eigenvalue weighted by molar-refractivity contribution is -0.384. The van der Waals surface area contributed by atoms with Gasteiger partial charge < -0.3 is 15.7 Å². The van der Waals surface area contributed by atoms with E-state index in [9.17, 15) is 20.0 Å². The van der Waals surface area contributed by atoms with Crippen LogP contribution in [0.3, 0.4) is 0 Å². The van der Waals surface area contributed by atoms with Gasteiger partial charge in [-0.05, 0) is 25.5 Å². The van der Waals surface area contributed by atoms with Gasteiger partial charge in [0.05, 0.1) is 11.0 Å². The van der Waals surface area contributed by atoms with Crippen LogP contribution in [0.15, 0.2) is 18.2 Å². The van der Waals surface area contributed by atoms with Crippen LogP contribution in [0, 0.1) is 10.1 Å². The van der Waals surface area contributed by atoms with Crippen LogP contribution < -0.4 is 10.6 Å². The molecule has 0 bridgehead atoms. The monoisotopic (exact) mass is 281 g/mol. The minimum Gasteiger partial charge on any atom is -0.391 e. The van der Waals surface area contributed by atoms with Gasteiger partial charge >= 0.3 is 0 Å². The second-order valence-electron chi connectivity index (χ2n) is 4.29. The Morgan fingerprint density at radius 3 is 2.70 bits per heavy atom. The lowest BCUT2D eigenvalue weighted by Gasteiger charge is -2.12. The van der Waals surface area contributed by atoms with Crippen molar-refractivity contribution in [2.24, 2.45) is 0 Å². The van der Waals surface area contributed by atoms with Crippen LogP contribution in [0.2, 0.25) is 0 Å². The number of nitro benzene ring substituents is 1. The van der Waals surface area contributed by atoms with Crippen molar-refractivity contribution in [3.63, 3.8) is 0 Å². The molecule has 1 unspecified atom stereocenters. The summed E-state index contributed by atoms with van der Waals surface area (Å²) in [7, 11) is 0. The molecule has 7 nitrogen and oxygen atoms in total. The maximum Gasteiger partial charge on any atom is 0.292 e. The summed E-state index contributed by atoms with van der Waals surface area (Å²) in [5.74, 6) is -0.290. The molecule has 3 N–H and O–H groups in total. The largest absolute Gasteiger partial charge is 0.391 e. The lowest BCUT2D eigenvalue weighted by Crippen LogP contribution is -2.23. The summed E-state index contributed by atoms with van der Waals surface area (Å²) < 4.78 is 0. The molecule has 0 fully saturated rings. The van der Waals surface area contributed by atoms with Gasteiger partial charge in [0.2, 0.25) is 0 Å². The summed E-state index contributed by atoms with van der Waals surface area (Å²) >= 11 is 0. The predicted octanol–water partition coefficient (Wildman–Crippen LogP) is 1.53. The highest BCUT2D eigenvalue weighted by Gasteiger charge is 2.17. The Hall–Kier alpha value is -2.15. The van der Waals surface area contributed by atoms with Crippen molar-refractivity contribution in [1.82, 2.24) is 5.32 Å². The SMILES string of the molecule is CCNC(=O)c1ccc([N+](=O)[O-])c(NCC(O)CC)c1. The molecule has 0 saturated heterocycles. The minimum absolute atomic E-state index is 0.124. The zero-order chi connectivity index (χ0) is 15.1. The maximum atomic E-state index is 11.7. The molecule has 0 aliphatic heterocycles. The smallest absolute Gasteiger partial charge is 0.292 e. The van der Waals surface area contributed by atoms with Crippen LogP contribution in [0.1, 0.15) is 30.6 Å². The number of hydrogen-bond acceptors (Lipinski definition) is 5. The fraction of sp³-hybridized carbons (Fsp3) is 0.462. The number of nitrogens with one attached hydrogen (secondary N) is 2. The third kappa shape index (κ3) is 4.20. The van der Waals surface area contributed by atoms with E-state index in [-0.39, 0.29) is 23.8 Å². The first-order valence-corrected chi connectivity index (χ1v) is 6.48. The average Bonchev–Trinajstić information content (AvgIpc) is 2.44. The van der Waals surface area contributed by atoms with Crippen LogP contribution >= 0.6 is 0 Å². The molecule has 0 saturated carbocycles. The van der Waals surface area contributed by atoms with E-state index >= 15 is 0 Å². The zero-order valence-corrected chi connectivity index (χ0v) is 11.5. The van der Waals surface area contributed by atoms with Crippen LogP contribution in [-0.4, -0.2) is 35.1 Å². The Morgan fingerprint density at radius 1 is 1.45 bits per heavy atom. The Labute approximate surface area is 117 Å². The quantitative estimate of drug-likeness (QED) is 0.519. The molecule has 0 aliphatic rings. The van der Waals surface area contributed by atoms with E-state index in [0.29, 0.717) is 18.5 Å². The van der Waals surface area contributed by atoms with Gasteiger partial charge in [0.25, 0.3) is 11.6 Å². The number of nitrogens with zero attached hydrogens (tertiary/aromatic N) is 1. The Balaban J connectivity index is 2.99. The number of benzene rings is 1. The highest BCUT2D eigenvalue weighted by atomic mass is 16.6. The van der Waals surface area contributed by atoms with E-state index in [1.54, 1.807) is 6.92 Å². The van der Waals surface area contributed by atoms with Crippen molar-refractivity contribution >= 4 is 17.3 Å². The molecule has 110 valence electrons. The van der Waals surface area contributed by atoms with E-state index in [1.165, 1.54) is 18.2 Å². The summed E-state index contributed by atoms with van der Waals surface area (Å²) in [5, 5.41) is 25.9. The third-order valence-electron chi connectivity index (χ3n) is 2.79. The van der Waals surface area contributed by atoms with Crippen molar-refractivity contribution in [3.8, 4) is 0 Å². The normalized spacial score (nSPS) is 11.8. The van der Waals surface area contributed by atoms with E-state index in [2.05, 4.69) is 10.6 Å². The van der Waals surface area contributed by atoms with E-state index < -0.39 is 11.0 Å². The fourth-order valence-electron chi connectivity index (χ4n) is 1.61. The molecule has 0 radical (unpaired) electrons. The molecular formula is C13H19N3O4. The fourth-order valence-corrected chi connectivity index (χ4v) is 1.61. The van der Waals surface area contributed by atoms with Crippen LogP contribution in [0.25, 0.3) is 0 Å². The van der Waals surface area contributed by atoms with Crippen LogP contribution in [-0.2, 0) is 0 Å². The Kier molecular flexibility index (Phi) is 5.92. The highest BCUT2D eigenvalue weighted by Crippen LogP contribution is 2.25. The molecule has 1 aromatic rings. The number of nitro groups is 1. The van der Waals surface area contributed by atoms with Gasteiger partial charge in [-0.25, -0.2) is 0 Å². The first-order chi connectivity index (χ1) is 9.49. The van der Waals surface area contributed by atoms with Gasteiger partial charge in [-0.15, -0.1) is 0 Å². The molecule has 0 aromatic heterocycles. The third-order valence-corrected chi connectivity index (χ3v) is 2.79. The average molecular weight is 281 g/mol. The van der Waals surface area contributed by atoms with Gasteiger partial charge in [-0.3, -0.25) is 14.9 Å². The summed E-state index contributed by atoms with van der Waals surface area (Å²) in [6.07, 6.45) is -0.0562. The van der Waals surface area contributed by atoms with Crippen molar-refractivity contribution in [1.29, 1.82) is 0 Å². The second kappa shape index (κ2) is 7.44. The summed E-state index contributed by atoms with van der Waals surface area (Å²) in [6.45, 7) is 4.27. The number of rotatable bonds is 7. The van der Waals surface area contributed by atoms with Gasteiger partial charge in [-0.1, -0.05) is 6.92 Å². The topological polar surface area (TPSA) is 104 Å². The standard InChI is InChI=1S/C13H19N3O4/c1-3-10(17)8-15-11-7-9(13(18)14-4-2)5-6-12(11)16(19)20/h5-7,10,15,17H,3-4,8H2,1-2H3,(H,14,18). The second-order valence-corrected chi connectivity index (χ2v) is 4.29. The molecule has 1 amide bonds. The molecule has 1 atom stereocenters. The predicted molar refractivity (Wildman–Crippen MR) is 75.9 cm³/mol. The van der Waals surface area contributed by atoms with Crippen molar-refractivity contribution in [2.45, 2.75) is 26.4 Å². The number of hydrogen-bond donors (Lipinski definition) is 3. The molecule has 0 heterocycles. The molecule has 1 aromatic carbocycles. The van der Waals surface area contributed by atoms with Gasteiger partial charge in [0.15, 0.2) is 0 Å². The lowest BCUT2D eigenvalue weighted by atomic mass is 10.1. The van der Waals surface area contributed by atoms with Crippen molar-refractivity contribution in [2.75, 3.05) is 18.4 Å². The number of aliphatic hydroxyl groups excluding tert-OH is 1. The zero-order valence-electron chi connectivity index (χ0n) is 11.5. The van der Waals surface area contributed by atoms with Crippen molar-refractivity contribution < 1.29 is 14.8 Å². The number of amides is 1. The summed E-state index contributed by atoms with van der Waals surface area (Å²) in [6, 6.07) is 4.11. The molecule has 1 rings (SSSR count). The number of anilines is 1. The van der Waals surface area contributed by atoms with Crippen LogP contribution in [0.4, 0.5) is 11.4 Å². The molecule has 7 heteroatoms.